The molecule has 4 rings (SSSR count). The molecule has 1 unspecified atom stereocenters. The van der Waals surface area contributed by atoms with Crippen LogP contribution in [0.5, 0.6) is 0 Å². The lowest BCUT2D eigenvalue weighted by atomic mass is 9.98. The van der Waals surface area contributed by atoms with E-state index in [1.807, 2.05) is 36.6 Å². The fourth-order valence-electron chi connectivity index (χ4n) is 3.15. The summed E-state index contributed by atoms with van der Waals surface area (Å²) in [7, 11) is 0. The van der Waals surface area contributed by atoms with Crippen molar-refractivity contribution in [2.45, 2.75) is 12.5 Å². The third-order valence-electron chi connectivity index (χ3n) is 4.05. The highest BCUT2D eigenvalue weighted by molar-refractivity contribution is 5.95. The Morgan fingerprint density at radius 1 is 1.10 bits per heavy atom. The van der Waals surface area contributed by atoms with Crippen LogP contribution >= 0.6 is 0 Å². The van der Waals surface area contributed by atoms with Gasteiger partial charge in [0.25, 0.3) is 0 Å². The van der Waals surface area contributed by atoms with Crippen LogP contribution in [0.1, 0.15) is 24.2 Å². The Morgan fingerprint density at radius 3 is 3.00 bits per heavy atom. The van der Waals surface area contributed by atoms with Gasteiger partial charge >= 0.3 is 1.43 Å². The van der Waals surface area contributed by atoms with Crippen molar-refractivity contribution in [3.8, 4) is 0 Å². The molecule has 1 aliphatic heterocycles. The van der Waals surface area contributed by atoms with E-state index in [1.54, 1.807) is 0 Å². The normalized spacial score (nSPS) is 19.9. The minimum Gasteiger partial charge on any atom is -0.388 e. The van der Waals surface area contributed by atoms with Crippen LogP contribution in [0.3, 0.4) is 0 Å². The summed E-state index contributed by atoms with van der Waals surface area (Å²) >= 11 is 0. The van der Waals surface area contributed by atoms with Crippen LogP contribution in [-0.4, -0.2) is 5.11 Å². The van der Waals surface area contributed by atoms with Gasteiger partial charge in [0.2, 0.25) is 0 Å². The zero-order valence-electron chi connectivity index (χ0n) is 12.0. The van der Waals surface area contributed by atoms with Gasteiger partial charge in [-0.15, -0.1) is 0 Å². The molecule has 2 heteroatoms. The van der Waals surface area contributed by atoms with Crippen molar-refractivity contribution in [1.82, 2.24) is 5.32 Å². The molecule has 0 spiro atoms. The zero-order valence-corrected chi connectivity index (χ0v) is 11.0. The molecule has 0 amide bonds. The summed E-state index contributed by atoms with van der Waals surface area (Å²) in [5.41, 5.74) is 4.56. The van der Waals surface area contributed by atoms with Crippen molar-refractivity contribution in [3.05, 3.63) is 77.5 Å². The van der Waals surface area contributed by atoms with Crippen LogP contribution in [0, 0.1) is 0 Å². The summed E-state index contributed by atoms with van der Waals surface area (Å²) in [6.07, 6.45) is 10.3. The molecule has 0 saturated heterocycles. The van der Waals surface area contributed by atoms with Crippen molar-refractivity contribution in [3.63, 3.8) is 0 Å². The van der Waals surface area contributed by atoms with Crippen LogP contribution in [0.15, 0.2) is 60.8 Å². The molecule has 0 aromatic heterocycles. The Balaban J connectivity index is 0.00000132. The van der Waals surface area contributed by atoms with E-state index < -0.39 is 0 Å². The van der Waals surface area contributed by atoms with E-state index in [1.165, 1.54) is 21.9 Å². The maximum absolute atomic E-state index is 10.3. The monoisotopic (exact) mass is 262 g/mol. The van der Waals surface area contributed by atoms with Gasteiger partial charge in [0.15, 0.2) is 0 Å². The van der Waals surface area contributed by atoms with E-state index in [9.17, 15) is 5.11 Å². The van der Waals surface area contributed by atoms with E-state index in [2.05, 4.69) is 29.6 Å². The summed E-state index contributed by atoms with van der Waals surface area (Å²) in [5.74, 6) is 0. The number of allylic oxidation sites excluding steroid dienone is 4. The summed E-state index contributed by atoms with van der Waals surface area (Å²) in [4.78, 5) is 0. The molecule has 0 bridgehead atoms. The first kappa shape index (κ1) is 11.5. The lowest BCUT2D eigenvalue weighted by molar-refractivity contribution is 0.185. The predicted octanol–water partition coefficient (Wildman–Crippen LogP) is 3.56. The van der Waals surface area contributed by atoms with Crippen molar-refractivity contribution >= 4 is 16.5 Å². The fraction of sp³-hybridized carbons (Fsp3) is 0.111. The first-order valence-corrected chi connectivity index (χ1v) is 6.87. The largest absolute Gasteiger partial charge is 1.00 e. The number of hydrogen-bond donors (Lipinski definition) is 2. The topological polar surface area (TPSA) is 32.3 Å². The fourth-order valence-corrected chi connectivity index (χ4v) is 3.15. The maximum Gasteiger partial charge on any atom is 1.00 e. The molecular weight excluding hydrogens is 246 g/mol. The van der Waals surface area contributed by atoms with Crippen LogP contribution in [0.2, 0.25) is 0 Å². The Morgan fingerprint density at radius 2 is 2.05 bits per heavy atom. The molecule has 2 nitrogen and oxygen atoms in total. The molecule has 20 heavy (non-hydrogen) atoms. The van der Waals surface area contributed by atoms with Gasteiger partial charge in [-0.05, 0) is 34.1 Å². The minimum atomic E-state index is -0.382. The molecule has 98 valence electrons. The average molecular weight is 262 g/mol. The second kappa shape index (κ2) is 4.36. The van der Waals surface area contributed by atoms with Crippen molar-refractivity contribution in [2.75, 3.05) is 0 Å². The number of aliphatic hydroxyl groups excluding tert-OH is 1. The highest BCUT2D eigenvalue weighted by atomic mass is 16.3. The number of aliphatic hydroxyl groups is 1. The second-order valence-electron chi connectivity index (χ2n) is 5.23. The van der Waals surface area contributed by atoms with E-state index in [4.69, 9.17) is 0 Å². The van der Waals surface area contributed by atoms with E-state index in [0.717, 1.165) is 11.3 Å². The summed E-state index contributed by atoms with van der Waals surface area (Å²) < 4.78 is 0. The number of rotatable bonds is 1. The van der Waals surface area contributed by atoms with Gasteiger partial charge in [-0.1, -0.05) is 42.5 Å². The molecular formula is C18H16NO+. The van der Waals surface area contributed by atoms with Crippen LogP contribution in [0.25, 0.3) is 16.5 Å². The van der Waals surface area contributed by atoms with Crippen LogP contribution in [0.4, 0.5) is 0 Å². The average Bonchev–Trinajstić information content (AvgIpc) is 2.68. The quantitative estimate of drug-likeness (QED) is 0.823. The smallest absolute Gasteiger partial charge is 0.388 e. The van der Waals surface area contributed by atoms with Crippen molar-refractivity contribution in [2.24, 2.45) is 0 Å². The molecule has 1 atom stereocenters. The van der Waals surface area contributed by atoms with Gasteiger partial charge in [-0.2, -0.15) is 0 Å². The van der Waals surface area contributed by atoms with Gasteiger partial charge in [-0.3, -0.25) is 0 Å². The molecule has 2 aliphatic rings. The summed E-state index contributed by atoms with van der Waals surface area (Å²) in [6.45, 7) is 0. The predicted molar refractivity (Wildman–Crippen MR) is 83.1 cm³/mol. The maximum atomic E-state index is 10.3. The Labute approximate surface area is 119 Å². The van der Waals surface area contributed by atoms with Crippen molar-refractivity contribution < 1.29 is 6.53 Å². The van der Waals surface area contributed by atoms with Crippen molar-refractivity contribution in [1.29, 1.82) is 0 Å². The third kappa shape index (κ3) is 1.62. The Kier molecular flexibility index (Phi) is 2.51. The molecule has 0 saturated carbocycles. The van der Waals surface area contributed by atoms with Gasteiger partial charge in [0, 0.05) is 23.9 Å². The lowest BCUT2D eigenvalue weighted by Gasteiger charge is -2.12. The van der Waals surface area contributed by atoms with Gasteiger partial charge in [0.05, 0.1) is 6.10 Å². The molecule has 1 aliphatic carbocycles. The molecule has 0 fully saturated rings. The molecule has 2 N–H and O–H groups in total. The molecule has 2 aromatic carbocycles. The zero-order chi connectivity index (χ0) is 13.5. The first-order chi connectivity index (χ1) is 9.84. The first-order valence-electron chi connectivity index (χ1n) is 6.87. The number of benzene rings is 2. The summed E-state index contributed by atoms with van der Waals surface area (Å²) in [6, 6.07) is 10.4. The Hall–Kier alpha value is -2.32. The SMILES string of the molecule is OC1Cc2c(C3=CC=CC=CN3)ccc3cccc1c23.[H+]. The van der Waals surface area contributed by atoms with Crippen LogP contribution in [-0.2, 0) is 6.42 Å². The van der Waals surface area contributed by atoms with Crippen LogP contribution < -0.4 is 5.32 Å². The Bertz CT molecular complexity index is 789. The van der Waals surface area contributed by atoms with E-state index >= 15 is 0 Å². The highest BCUT2D eigenvalue weighted by Gasteiger charge is 2.25. The lowest BCUT2D eigenvalue weighted by Crippen LogP contribution is -2.05. The third-order valence-corrected chi connectivity index (χ3v) is 4.05. The minimum absolute atomic E-state index is 0. The summed E-state index contributed by atoms with van der Waals surface area (Å²) in [5, 5.41) is 16.0. The molecule has 2 aromatic rings. The van der Waals surface area contributed by atoms with Gasteiger partial charge < -0.3 is 10.4 Å². The second-order valence-corrected chi connectivity index (χ2v) is 5.23. The number of nitrogens with one attached hydrogen (secondary N) is 1. The number of hydrogen-bond acceptors (Lipinski definition) is 2. The highest BCUT2D eigenvalue weighted by Crippen LogP contribution is 2.40. The molecule has 1 heterocycles. The van der Waals surface area contributed by atoms with Gasteiger partial charge in [-0.25, -0.2) is 0 Å². The van der Waals surface area contributed by atoms with E-state index in [-0.39, 0.29) is 7.53 Å². The molecule has 0 radical (unpaired) electrons. The standard InChI is InChI=1S/C18H15NO/c20-17-11-15-13(16-7-2-1-3-10-19-16)9-8-12-5-4-6-14(17)18(12)15/h1-10,17,19-20H,11H2/p+1. The van der Waals surface area contributed by atoms with E-state index in [0.29, 0.717) is 6.42 Å². The van der Waals surface area contributed by atoms with Gasteiger partial charge in [0.1, 0.15) is 0 Å².